The summed E-state index contributed by atoms with van der Waals surface area (Å²) in [6.45, 7) is 3.24. The van der Waals surface area contributed by atoms with E-state index in [-0.39, 0.29) is 11.5 Å². The van der Waals surface area contributed by atoms with E-state index in [4.69, 9.17) is 0 Å². The molecule has 0 aliphatic carbocycles. The molecule has 3 aromatic rings. The van der Waals surface area contributed by atoms with E-state index in [9.17, 15) is 9.59 Å². The summed E-state index contributed by atoms with van der Waals surface area (Å²) in [7, 11) is 3.62. The first kappa shape index (κ1) is 15.7. The first-order chi connectivity index (χ1) is 12.0. The van der Waals surface area contributed by atoms with Gasteiger partial charge < -0.3 is 14.0 Å². The van der Waals surface area contributed by atoms with Gasteiger partial charge in [0.1, 0.15) is 0 Å². The SMILES string of the molecule is Cc1cn(C)c(=O)c2c(C(=O)N3CCc4ccccc4C3)cn(C)c12. The number of amides is 1. The highest BCUT2D eigenvalue weighted by Crippen LogP contribution is 2.25. The number of benzene rings is 1. The highest BCUT2D eigenvalue weighted by molar-refractivity contribution is 6.07. The molecule has 0 spiro atoms. The fourth-order valence-electron chi connectivity index (χ4n) is 3.91. The van der Waals surface area contributed by atoms with E-state index in [1.165, 1.54) is 11.1 Å². The number of aryl methyl sites for hydroxylation is 3. The summed E-state index contributed by atoms with van der Waals surface area (Å²) >= 11 is 0. The average molecular weight is 335 g/mol. The van der Waals surface area contributed by atoms with Gasteiger partial charge in [-0.3, -0.25) is 9.59 Å². The minimum atomic E-state index is -0.123. The standard InChI is InChI=1S/C20H21N3O2/c1-13-10-22(3)20(25)17-16(12-21(2)18(13)17)19(24)23-9-8-14-6-4-5-7-15(14)11-23/h4-7,10,12H,8-9,11H2,1-3H3. The Labute approximate surface area is 146 Å². The van der Waals surface area contributed by atoms with Crippen LogP contribution in [0.4, 0.5) is 0 Å². The van der Waals surface area contributed by atoms with Crippen LogP contribution in [-0.2, 0) is 27.1 Å². The number of fused-ring (bicyclic) bond motifs is 2. The average Bonchev–Trinajstić information content (AvgIpc) is 2.96. The van der Waals surface area contributed by atoms with Crippen LogP contribution in [0.2, 0.25) is 0 Å². The minimum Gasteiger partial charge on any atom is -0.349 e. The molecule has 3 heterocycles. The van der Waals surface area contributed by atoms with Gasteiger partial charge in [-0.2, -0.15) is 0 Å². The fraction of sp³-hybridized carbons (Fsp3) is 0.300. The third-order valence-corrected chi connectivity index (χ3v) is 5.12. The molecule has 2 aromatic heterocycles. The summed E-state index contributed by atoms with van der Waals surface area (Å²) in [5.74, 6) is -0.0668. The van der Waals surface area contributed by atoms with Crippen LogP contribution < -0.4 is 5.56 Å². The van der Waals surface area contributed by atoms with Gasteiger partial charge in [-0.15, -0.1) is 0 Å². The van der Waals surface area contributed by atoms with E-state index < -0.39 is 0 Å². The van der Waals surface area contributed by atoms with E-state index in [0.717, 1.165) is 17.5 Å². The van der Waals surface area contributed by atoms with Crippen molar-refractivity contribution in [1.29, 1.82) is 0 Å². The number of aromatic nitrogens is 2. The van der Waals surface area contributed by atoms with Gasteiger partial charge in [0.15, 0.2) is 0 Å². The number of hydrogen-bond donors (Lipinski definition) is 0. The summed E-state index contributed by atoms with van der Waals surface area (Å²) < 4.78 is 3.44. The lowest BCUT2D eigenvalue weighted by atomic mass is 9.99. The maximum Gasteiger partial charge on any atom is 0.260 e. The van der Waals surface area contributed by atoms with E-state index in [0.29, 0.717) is 24.0 Å². The molecule has 0 saturated heterocycles. The molecule has 5 nitrogen and oxygen atoms in total. The van der Waals surface area contributed by atoms with Gasteiger partial charge in [0.05, 0.1) is 16.5 Å². The van der Waals surface area contributed by atoms with Crippen molar-refractivity contribution in [2.45, 2.75) is 19.9 Å². The quantitative estimate of drug-likeness (QED) is 0.685. The largest absolute Gasteiger partial charge is 0.349 e. The van der Waals surface area contributed by atoms with E-state index in [1.807, 2.05) is 41.8 Å². The zero-order valence-corrected chi connectivity index (χ0v) is 14.7. The Morgan fingerprint density at radius 1 is 1.04 bits per heavy atom. The van der Waals surface area contributed by atoms with Gasteiger partial charge in [-0.05, 0) is 30.0 Å². The number of rotatable bonds is 1. The molecular formula is C20H21N3O2. The number of hydrogen-bond acceptors (Lipinski definition) is 2. The second kappa shape index (κ2) is 5.62. The minimum absolute atomic E-state index is 0.0668. The number of nitrogens with zero attached hydrogens (tertiary/aromatic N) is 3. The summed E-state index contributed by atoms with van der Waals surface area (Å²) in [5.41, 5.74) is 4.69. The fourth-order valence-corrected chi connectivity index (χ4v) is 3.91. The third kappa shape index (κ3) is 2.38. The van der Waals surface area contributed by atoms with Crippen LogP contribution in [0, 0.1) is 6.92 Å². The van der Waals surface area contributed by atoms with Crippen LogP contribution in [0.25, 0.3) is 10.9 Å². The molecule has 0 fully saturated rings. The Kier molecular flexibility index (Phi) is 3.53. The summed E-state index contributed by atoms with van der Waals surface area (Å²) in [6, 6.07) is 8.23. The molecule has 0 N–H and O–H groups in total. The zero-order valence-electron chi connectivity index (χ0n) is 14.7. The van der Waals surface area contributed by atoms with Crippen molar-refractivity contribution in [3.05, 3.63) is 69.3 Å². The molecule has 0 bridgehead atoms. The predicted octanol–water partition coefficient (Wildman–Crippen LogP) is 2.38. The van der Waals surface area contributed by atoms with Crippen LogP contribution in [0.3, 0.4) is 0 Å². The highest BCUT2D eigenvalue weighted by Gasteiger charge is 2.26. The van der Waals surface area contributed by atoms with Gasteiger partial charge >= 0.3 is 0 Å². The Morgan fingerprint density at radius 3 is 2.52 bits per heavy atom. The number of pyridine rings is 1. The Hall–Kier alpha value is -2.82. The van der Waals surface area contributed by atoms with Crippen LogP contribution in [0.15, 0.2) is 41.5 Å². The first-order valence-electron chi connectivity index (χ1n) is 8.48. The lowest BCUT2D eigenvalue weighted by molar-refractivity contribution is 0.0736. The van der Waals surface area contributed by atoms with Crippen molar-refractivity contribution in [2.75, 3.05) is 6.54 Å². The smallest absolute Gasteiger partial charge is 0.260 e. The Bertz CT molecular complexity index is 1060. The molecule has 1 aliphatic rings. The lowest BCUT2D eigenvalue weighted by Crippen LogP contribution is -2.36. The van der Waals surface area contributed by atoms with Crippen LogP contribution in [0.1, 0.15) is 27.0 Å². The van der Waals surface area contributed by atoms with Gasteiger partial charge in [0, 0.05) is 39.6 Å². The molecule has 25 heavy (non-hydrogen) atoms. The molecule has 0 radical (unpaired) electrons. The molecule has 0 unspecified atom stereocenters. The second-order valence-electron chi connectivity index (χ2n) is 6.85. The van der Waals surface area contributed by atoms with Gasteiger partial charge in [0.25, 0.3) is 11.5 Å². The molecule has 4 rings (SSSR count). The van der Waals surface area contributed by atoms with Crippen molar-refractivity contribution in [2.24, 2.45) is 14.1 Å². The second-order valence-corrected chi connectivity index (χ2v) is 6.85. The van der Waals surface area contributed by atoms with E-state index in [1.54, 1.807) is 17.8 Å². The number of carbonyl (C=O) groups is 1. The maximum absolute atomic E-state index is 13.2. The molecule has 0 atom stereocenters. The highest BCUT2D eigenvalue weighted by atomic mass is 16.2. The van der Waals surface area contributed by atoms with Gasteiger partial charge in [-0.1, -0.05) is 24.3 Å². The first-order valence-corrected chi connectivity index (χ1v) is 8.48. The van der Waals surface area contributed by atoms with Crippen molar-refractivity contribution >= 4 is 16.8 Å². The lowest BCUT2D eigenvalue weighted by Gasteiger charge is -2.28. The molecule has 1 amide bonds. The summed E-state index contributed by atoms with van der Waals surface area (Å²) in [5, 5.41) is 0.522. The maximum atomic E-state index is 13.2. The summed E-state index contributed by atoms with van der Waals surface area (Å²) in [4.78, 5) is 27.7. The molecule has 0 saturated carbocycles. The van der Waals surface area contributed by atoms with Crippen LogP contribution in [0.5, 0.6) is 0 Å². The van der Waals surface area contributed by atoms with Crippen molar-refractivity contribution in [1.82, 2.24) is 14.0 Å². The van der Waals surface area contributed by atoms with Gasteiger partial charge in [-0.25, -0.2) is 0 Å². The van der Waals surface area contributed by atoms with E-state index >= 15 is 0 Å². The van der Waals surface area contributed by atoms with Gasteiger partial charge in [0.2, 0.25) is 0 Å². The van der Waals surface area contributed by atoms with Crippen molar-refractivity contribution in [3.8, 4) is 0 Å². The molecule has 128 valence electrons. The Balaban J connectivity index is 1.81. The van der Waals surface area contributed by atoms with E-state index in [2.05, 4.69) is 12.1 Å². The topological polar surface area (TPSA) is 47.2 Å². The molecule has 1 aliphatic heterocycles. The zero-order chi connectivity index (χ0) is 17.7. The van der Waals surface area contributed by atoms with Crippen LogP contribution >= 0.6 is 0 Å². The summed E-state index contributed by atoms with van der Waals surface area (Å²) in [6.07, 6.45) is 4.46. The molecule has 5 heteroatoms. The number of carbonyl (C=O) groups excluding carboxylic acids is 1. The predicted molar refractivity (Wildman–Crippen MR) is 97.8 cm³/mol. The Morgan fingerprint density at radius 2 is 1.76 bits per heavy atom. The monoisotopic (exact) mass is 335 g/mol. The normalized spacial score (nSPS) is 14.0. The van der Waals surface area contributed by atoms with Crippen molar-refractivity contribution in [3.63, 3.8) is 0 Å². The third-order valence-electron chi connectivity index (χ3n) is 5.12. The van der Waals surface area contributed by atoms with Crippen LogP contribution in [-0.4, -0.2) is 26.5 Å². The van der Waals surface area contributed by atoms with Crippen molar-refractivity contribution < 1.29 is 4.79 Å². The molecular weight excluding hydrogens is 314 g/mol. The molecule has 1 aromatic carbocycles.